The van der Waals surface area contributed by atoms with E-state index in [0.29, 0.717) is 6.42 Å². The van der Waals surface area contributed by atoms with Gasteiger partial charge in [-0.05, 0) is 18.4 Å². The number of benzene rings is 1. The van der Waals surface area contributed by atoms with Gasteiger partial charge in [-0.15, -0.1) is 0 Å². The van der Waals surface area contributed by atoms with E-state index in [1.54, 1.807) is 0 Å². The lowest BCUT2D eigenvalue weighted by Gasteiger charge is -2.08. The summed E-state index contributed by atoms with van der Waals surface area (Å²) in [7, 11) is 1.35. The van der Waals surface area contributed by atoms with Crippen molar-refractivity contribution in [2.45, 2.75) is 25.1 Å². The van der Waals surface area contributed by atoms with Crippen molar-refractivity contribution < 1.29 is 32.6 Å². The highest BCUT2D eigenvalue weighted by atomic mass is 19.4. The standard InChI is InChI=1S/C11H15NO2.C2HF3O2/c1-14-11(13)10(12)8-7-9-5-3-2-4-6-9;3-2(4,5)1(6)7/h2-6,10H,7-8,12H2,1H3;(H,6,7)/t10-;/m0./s1. The van der Waals surface area contributed by atoms with Gasteiger partial charge >= 0.3 is 18.1 Å². The molecular weight excluding hydrogens is 291 g/mol. The van der Waals surface area contributed by atoms with Crippen molar-refractivity contribution in [1.82, 2.24) is 0 Å². The van der Waals surface area contributed by atoms with Gasteiger partial charge in [-0.2, -0.15) is 13.2 Å². The van der Waals surface area contributed by atoms with Crippen molar-refractivity contribution in [3.05, 3.63) is 35.9 Å². The van der Waals surface area contributed by atoms with Crippen molar-refractivity contribution in [3.8, 4) is 0 Å². The Morgan fingerprint density at radius 2 is 1.76 bits per heavy atom. The van der Waals surface area contributed by atoms with E-state index in [1.807, 2.05) is 30.3 Å². The molecule has 3 N–H and O–H groups in total. The normalized spacial score (nSPS) is 11.9. The Bertz CT molecular complexity index is 448. The summed E-state index contributed by atoms with van der Waals surface area (Å²) in [6, 6.07) is 9.43. The van der Waals surface area contributed by atoms with Gasteiger partial charge in [-0.1, -0.05) is 30.3 Å². The molecule has 1 aromatic rings. The summed E-state index contributed by atoms with van der Waals surface area (Å²) in [5, 5.41) is 7.12. The van der Waals surface area contributed by atoms with Gasteiger partial charge in [0, 0.05) is 0 Å². The first-order valence-corrected chi connectivity index (χ1v) is 5.86. The number of carbonyl (C=O) groups is 2. The summed E-state index contributed by atoms with van der Waals surface area (Å²) in [6.45, 7) is 0. The van der Waals surface area contributed by atoms with Gasteiger partial charge in [0.15, 0.2) is 0 Å². The Morgan fingerprint density at radius 3 is 2.14 bits per heavy atom. The van der Waals surface area contributed by atoms with Gasteiger partial charge in [0.2, 0.25) is 0 Å². The Hall–Kier alpha value is -2.09. The first kappa shape index (κ1) is 18.9. The van der Waals surface area contributed by atoms with Crippen molar-refractivity contribution in [2.75, 3.05) is 7.11 Å². The molecule has 0 radical (unpaired) electrons. The highest BCUT2D eigenvalue weighted by Crippen LogP contribution is 2.13. The van der Waals surface area contributed by atoms with E-state index in [0.717, 1.165) is 6.42 Å². The predicted octanol–water partition coefficient (Wildman–Crippen LogP) is 1.75. The lowest BCUT2D eigenvalue weighted by Crippen LogP contribution is -2.31. The van der Waals surface area contributed by atoms with Crippen LogP contribution in [0.15, 0.2) is 30.3 Å². The van der Waals surface area contributed by atoms with Crippen LogP contribution in [0.25, 0.3) is 0 Å². The van der Waals surface area contributed by atoms with Crippen LogP contribution in [0.4, 0.5) is 13.2 Å². The van der Waals surface area contributed by atoms with Crippen molar-refractivity contribution in [1.29, 1.82) is 0 Å². The second-order valence-corrected chi connectivity index (χ2v) is 3.96. The smallest absolute Gasteiger partial charge is 0.475 e. The zero-order chi connectivity index (χ0) is 16.5. The molecule has 0 heterocycles. The van der Waals surface area contributed by atoms with Crippen LogP contribution in [0.2, 0.25) is 0 Å². The number of nitrogens with two attached hydrogens (primary N) is 1. The van der Waals surface area contributed by atoms with Gasteiger partial charge in [-0.3, -0.25) is 4.79 Å². The summed E-state index contributed by atoms with van der Waals surface area (Å²) >= 11 is 0. The van der Waals surface area contributed by atoms with E-state index in [2.05, 4.69) is 4.74 Å². The maximum Gasteiger partial charge on any atom is 0.490 e. The minimum Gasteiger partial charge on any atom is -0.475 e. The molecule has 21 heavy (non-hydrogen) atoms. The second-order valence-electron chi connectivity index (χ2n) is 3.96. The molecule has 0 aromatic heterocycles. The van der Waals surface area contributed by atoms with Gasteiger partial charge in [0.25, 0.3) is 0 Å². The average Bonchev–Trinajstić information content (AvgIpc) is 2.44. The zero-order valence-corrected chi connectivity index (χ0v) is 11.3. The zero-order valence-electron chi connectivity index (χ0n) is 11.3. The first-order chi connectivity index (χ1) is 9.68. The van der Waals surface area contributed by atoms with E-state index >= 15 is 0 Å². The van der Waals surface area contributed by atoms with Crippen LogP contribution in [0.3, 0.4) is 0 Å². The van der Waals surface area contributed by atoms with Crippen LogP contribution >= 0.6 is 0 Å². The Morgan fingerprint density at radius 1 is 1.29 bits per heavy atom. The van der Waals surface area contributed by atoms with Gasteiger partial charge in [-0.25, -0.2) is 4.79 Å². The number of hydrogen-bond acceptors (Lipinski definition) is 4. The van der Waals surface area contributed by atoms with E-state index in [-0.39, 0.29) is 5.97 Å². The molecule has 0 aliphatic rings. The molecule has 1 rings (SSSR count). The lowest BCUT2D eigenvalue weighted by molar-refractivity contribution is -0.192. The van der Waals surface area contributed by atoms with Crippen molar-refractivity contribution in [2.24, 2.45) is 5.73 Å². The molecule has 8 heteroatoms. The molecule has 0 amide bonds. The fourth-order valence-corrected chi connectivity index (χ4v) is 1.24. The molecule has 5 nitrogen and oxygen atoms in total. The highest BCUT2D eigenvalue weighted by Gasteiger charge is 2.38. The Kier molecular flexibility index (Phi) is 8.07. The fraction of sp³-hybridized carbons (Fsp3) is 0.385. The first-order valence-electron chi connectivity index (χ1n) is 5.86. The van der Waals surface area contributed by atoms with Crippen LogP contribution in [0.1, 0.15) is 12.0 Å². The van der Waals surface area contributed by atoms with Crippen molar-refractivity contribution >= 4 is 11.9 Å². The molecule has 0 aliphatic carbocycles. The maximum atomic E-state index is 11.0. The molecule has 118 valence electrons. The SMILES string of the molecule is COC(=O)[C@@H](N)CCc1ccccc1.O=C(O)C(F)(F)F. The van der Waals surface area contributed by atoms with Gasteiger partial charge in [0.1, 0.15) is 6.04 Å². The maximum absolute atomic E-state index is 11.0. The molecule has 0 fully saturated rings. The summed E-state index contributed by atoms with van der Waals surface area (Å²) < 4.78 is 36.3. The number of aryl methyl sites for hydroxylation is 1. The third-order valence-electron chi connectivity index (χ3n) is 2.33. The van der Waals surface area contributed by atoms with Crippen molar-refractivity contribution in [3.63, 3.8) is 0 Å². The number of halogens is 3. The Labute approximate surface area is 119 Å². The molecule has 0 spiro atoms. The van der Waals surface area contributed by atoms with Crippen LogP contribution in [0.5, 0.6) is 0 Å². The lowest BCUT2D eigenvalue weighted by atomic mass is 10.1. The predicted molar refractivity (Wildman–Crippen MR) is 68.4 cm³/mol. The largest absolute Gasteiger partial charge is 0.490 e. The van der Waals surface area contributed by atoms with Crippen LogP contribution in [-0.4, -0.2) is 36.4 Å². The number of aliphatic carboxylic acids is 1. The summed E-state index contributed by atoms with van der Waals surface area (Å²) in [5.41, 5.74) is 6.79. The molecule has 0 bridgehead atoms. The van der Waals surface area contributed by atoms with Crippen LogP contribution in [0, 0.1) is 0 Å². The third-order valence-corrected chi connectivity index (χ3v) is 2.33. The van der Waals surface area contributed by atoms with Gasteiger partial charge in [0.05, 0.1) is 7.11 Å². The average molecular weight is 307 g/mol. The van der Waals surface area contributed by atoms with Crippen LogP contribution < -0.4 is 5.73 Å². The quantitative estimate of drug-likeness (QED) is 0.827. The number of carboxylic acids is 1. The summed E-state index contributed by atoms with van der Waals surface area (Å²) in [6.07, 6.45) is -3.66. The molecule has 0 unspecified atom stereocenters. The van der Waals surface area contributed by atoms with E-state index in [1.165, 1.54) is 12.7 Å². The van der Waals surface area contributed by atoms with E-state index in [4.69, 9.17) is 15.6 Å². The molecule has 0 aliphatic heterocycles. The van der Waals surface area contributed by atoms with Crippen LogP contribution in [-0.2, 0) is 20.7 Å². The summed E-state index contributed by atoms with van der Waals surface area (Å²) in [4.78, 5) is 19.9. The monoisotopic (exact) mass is 307 g/mol. The molecule has 1 aromatic carbocycles. The molecular formula is C13H16F3NO4. The van der Waals surface area contributed by atoms with Gasteiger partial charge < -0.3 is 15.6 Å². The number of ether oxygens (including phenoxy) is 1. The van der Waals surface area contributed by atoms with E-state index in [9.17, 15) is 18.0 Å². The number of hydrogen-bond donors (Lipinski definition) is 2. The van der Waals surface area contributed by atoms with E-state index < -0.39 is 18.2 Å². The fourth-order valence-electron chi connectivity index (χ4n) is 1.24. The minimum absolute atomic E-state index is 0.346. The molecule has 0 saturated heterocycles. The topological polar surface area (TPSA) is 89.6 Å². The molecule has 1 atom stereocenters. The Balaban J connectivity index is 0.000000486. The summed E-state index contributed by atoms with van der Waals surface area (Å²) in [5.74, 6) is -3.10. The number of carbonyl (C=O) groups excluding carboxylic acids is 1. The third kappa shape index (κ3) is 8.64. The number of carboxylic acid groups (broad SMARTS) is 1. The number of alkyl halides is 3. The number of methoxy groups -OCH3 is 1. The number of esters is 1. The number of rotatable bonds is 4. The highest BCUT2D eigenvalue weighted by molar-refractivity contribution is 5.75. The second kappa shape index (κ2) is 8.96. The molecule has 0 saturated carbocycles. The minimum atomic E-state index is -5.08.